The molecule has 0 unspecified atom stereocenters. The minimum Gasteiger partial charge on any atom is -0.497 e. The number of methoxy groups -OCH3 is 1. The molecule has 0 bridgehead atoms. The van der Waals surface area contributed by atoms with Crippen molar-refractivity contribution in [3.8, 4) is 5.75 Å². The molecular weight excluding hydrogens is 272 g/mol. The van der Waals surface area contributed by atoms with Gasteiger partial charge in [0.2, 0.25) is 5.91 Å². The fraction of sp³-hybridized carbons (Fsp3) is 0.467. The summed E-state index contributed by atoms with van der Waals surface area (Å²) >= 11 is 0. The van der Waals surface area contributed by atoms with Crippen LogP contribution in [0, 0.1) is 0 Å². The van der Waals surface area contributed by atoms with Gasteiger partial charge in [0.05, 0.1) is 13.2 Å². The molecule has 0 aromatic heterocycles. The largest absolute Gasteiger partial charge is 0.497 e. The van der Waals surface area contributed by atoms with Crippen molar-refractivity contribution in [3.63, 3.8) is 0 Å². The molecule has 1 heterocycles. The summed E-state index contributed by atoms with van der Waals surface area (Å²) in [6.07, 6.45) is 1.58. The third kappa shape index (κ3) is 3.52. The lowest BCUT2D eigenvalue weighted by Gasteiger charge is -2.24. The fourth-order valence-corrected chi connectivity index (χ4v) is 2.60. The van der Waals surface area contributed by atoms with E-state index in [1.165, 1.54) is 4.90 Å². The Labute approximate surface area is 123 Å². The van der Waals surface area contributed by atoms with Crippen LogP contribution in [-0.2, 0) is 16.0 Å². The summed E-state index contributed by atoms with van der Waals surface area (Å²) in [4.78, 5) is 24.8. The van der Waals surface area contributed by atoms with Crippen LogP contribution in [0.3, 0.4) is 0 Å². The highest BCUT2D eigenvalue weighted by Gasteiger charge is 2.35. The number of nitrogens with zero attached hydrogens (tertiary/aromatic N) is 1. The Balaban J connectivity index is 2.00. The number of likely N-dealkylation sites (tertiary alicyclic amines) is 1. The number of ether oxygens (including phenoxy) is 1. The molecule has 1 fully saturated rings. The van der Waals surface area contributed by atoms with Gasteiger partial charge >= 0.3 is 5.97 Å². The summed E-state index contributed by atoms with van der Waals surface area (Å²) in [6, 6.07) is 5.86. The first-order valence-corrected chi connectivity index (χ1v) is 6.94. The van der Waals surface area contributed by atoms with E-state index in [4.69, 9.17) is 15.6 Å². The van der Waals surface area contributed by atoms with E-state index in [0.29, 0.717) is 25.8 Å². The van der Waals surface area contributed by atoms with E-state index in [-0.39, 0.29) is 5.91 Å². The van der Waals surface area contributed by atoms with Gasteiger partial charge < -0.3 is 20.5 Å². The van der Waals surface area contributed by atoms with Crippen LogP contribution in [-0.4, -0.2) is 47.6 Å². The standard InChI is InChI=1S/C15H20N2O4/c1-21-11-6-4-10(5-7-11)9-12(16)14(18)17-8-2-3-13(17)15(19)20/h4-7,12-13H,2-3,8-9,16H2,1H3,(H,19,20)/t12-,13-/m0/s1. The highest BCUT2D eigenvalue weighted by molar-refractivity contribution is 5.87. The van der Waals surface area contributed by atoms with Crippen LogP contribution in [0.5, 0.6) is 5.75 Å². The fourth-order valence-electron chi connectivity index (χ4n) is 2.60. The molecule has 6 nitrogen and oxygen atoms in total. The van der Waals surface area contributed by atoms with E-state index in [2.05, 4.69) is 0 Å². The van der Waals surface area contributed by atoms with E-state index in [1.807, 2.05) is 24.3 Å². The zero-order valence-corrected chi connectivity index (χ0v) is 12.0. The zero-order chi connectivity index (χ0) is 15.4. The highest BCUT2D eigenvalue weighted by atomic mass is 16.5. The van der Waals surface area contributed by atoms with Crippen molar-refractivity contribution in [2.24, 2.45) is 5.73 Å². The molecule has 6 heteroatoms. The Morgan fingerprint density at radius 3 is 2.67 bits per heavy atom. The number of aliphatic carboxylic acids is 1. The van der Waals surface area contributed by atoms with E-state index >= 15 is 0 Å². The van der Waals surface area contributed by atoms with E-state index in [9.17, 15) is 9.59 Å². The first-order chi connectivity index (χ1) is 10.0. The summed E-state index contributed by atoms with van der Waals surface area (Å²) in [5.41, 5.74) is 6.87. The SMILES string of the molecule is COc1ccc(C[C@H](N)C(=O)N2CCC[C@H]2C(=O)O)cc1. The second-order valence-electron chi connectivity index (χ2n) is 5.19. The predicted molar refractivity (Wildman–Crippen MR) is 77.0 cm³/mol. The smallest absolute Gasteiger partial charge is 0.326 e. The summed E-state index contributed by atoms with van der Waals surface area (Å²) < 4.78 is 5.07. The topological polar surface area (TPSA) is 92.9 Å². The molecule has 0 radical (unpaired) electrons. The van der Waals surface area contributed by atoms with Gasteiger partial charge in [-0.05, 0) is 37.0 Å². The van der Waals surface area contributed by atoms with Crippen molar-refractivity contribution < 1.29 is 19.4 Å². The molecule has 21 heavy (non-hydrogen) atoms. The first-order valence-electron chi connectivity index (χ1n) is 6.94. The van der Waals surface area contributed by atoms with Crippen LogP contribution in [0.25, 0.3) is 0 Å². The minimum atomic E-state index is -0.961. The lowest BCUT2D eigenvalue weighted by atomic mass is 10.0. The number of amides is 1. The summed E-state index contributed by atoms with van der Waals surface area (Å²) in [5, 5.41) is 9.11. The molecule has 1 aliphatic heterocycles. The summed E-state index contributed by atoms with van der Waals surface area (Å²) in [6.45, 7) is 0.464. The van der Waals surface area contributed by atoms with E-state index in [0.717, 1.165) is 11.3 Å². The van der Waals surface area contributed by atoms with Gasteiger partial charge in [0.25, 0.3) is 0 Å². The predicted octanol–water partition coefficient (Wildman–Crippen LogP) is 0.641. The average Bonchev–Trinajstić information content (AvgIpc) is 2.96. The molecule has 1 aliphatic rings. The molecule has 1 amide bonds. The number of rotatable bonds is 5. The third-order valence-electron chi connectivity index (χ3n) is 3.75. The number of carboxylic acid groups (broad SMARTS) is 1. The molecule has 2 atom stereocenters. The van der Waals surface area contributed by atoms with Gasteiger partial charge in [0.1, 0.15) is 11.8 Å². The molecule has 2 rings (SSSR count). The lowest BCUT2D eigenvalue weighted by Crippen LogP contribution is -2.49. The van der Waals surface area contributed by atoms with Crippen LogP contribution >= 0.6 is 0 Å². The van der Waals surface area contributed by atoms with Crippen LogP contribution in [0.4, 0.5) is 0 Å². The molecule has 0 saturated carbocycles. The first kappa shape index (κ1) is 15.3. The highest BCUT2D eigenvalue weighted by Crippen LogP contribution is 2.19. The Hall–Kier alpha value is -2.08. The summed E-state index contributed by atoms with van der Waals surface area (Å²) in [7, 11) is 1.59. The van der Waals surface area contributed by atoms with Crippen molar-refractivity contribution in [2.45, 2.75) is 31.3 Å². The van der Waals surface area contributed by atoms with Crippen molar-refractivity contribution in [1.29, 1.82) is 0 Å². The van der Waals surface area contributed by atoms with Crippen LogP contribution in [0.1, 0.15) is 18.4 Å². The van der Waals surface area contributed by atoms with Crippen LogP contribution in [0.2, 0.25) is 0 Å². The molecule has 1 saturated heterocycles. The van der Waals surface area contributed by atoms with Gasteiger partial charge in [0.15, 0.2) is 0 Å². The number of carboxylic acids is 1. The van der Waals surface area contributed by atoms with Crippen molar-refractivity contribution in [3.05, 3.63) is 29.8 Å². The number of hydrogen-bond donors (Lipinski definition) is 2. The van der Waals surface area contributed by atoms with Gasteiger partial charge in [-0.3, -0.25) is 4.79 Å². The minimum absolute atomic E-state index is 0.296. The maximum absolute atomic E-state index is 12.3. The number of carbonyl (C=O) groups is 2. The average molecular weight is 292 g/mol. The lowest BCUT2D eigenvalue weighted by molar-refractivity contribution is -0.148. The van der Waals surface area contributed by atoms with Gasteiger partial charge in [-0.25, -0.2) is 4.79 Å². The monoisotopic (exact) mass is 292 g/mol. The number of carbonyl (C=O) groups excluding carboxylic acids is 1. The number of nitrogens with two attached hydrogens (primary N) is 1. The zero-order valence-electron chi connectivity index (χ0n) is 12.0. The number of hydrogen-bond acceptors (Lipinski definition) is 4. The quantitative estimate of drug-likeness (QED) is 0.831. The Morgan fingerprint density at radius 1 is 1.43 bits per heavy atom. The Bertz CT molecular complexity index is 515. The van der Waals surface area contributed by atoms with E-state index < -0.39 is 18.1 Å². The Kier molecular flexibility index (Phi) is 4.80. The third-order valence-corrected chi connectivity index (χ3v) is 3.75. The van der Waals surface area contributed by atoms with E-state index in [1.54, 1.807) is 7.11 Å². The van der Waals surface area contributed by atoms with Crippen molar-refractivity contribution >= 4 is 11.9 Å². The maximum atomic E-state index is 12.3. The van der Waals surface area contributed by atoms with Crippen LogP contribution in [0.15, 0.2) is 24.3 Å². The molecule has 1 aromatic carbocycles. The second kappa shape index (κ2) is 6.58. The van der Waals surface area contributed by atoms with Crippen molar-refractivity contribution in [1.82, 2.24) is 4.90 Å². The molecule has 1 aromatic rings. The van der Waals surface area contributed by atoms with Gasteiger partial charge in [-0.15, -0.1) is 0 Å². The Morgan fingerprint density at radius 2 is 2.10 bits per heavy atom. The van der Waals surface area contributed by atoms with Gasteiger partial charge in [-0.1, -0.05) is 12.1 Å². The number of benzene rings is 1. The van der Waals surface area contributed by atoms with Gasteiger partial charge in [0, 0.05) is 6.54 Å². The molecule has 3 N–H and O–H groups in total. The summed E-state index contributed by atoms with van der Waals surface area (Å²) in [5.74, 6) is -0.516. The van der Waals surface area contributed by atoms with Crippen molar-refractivity contribution in [2.75, 3.05) is 13.7 Å². The van der Waals surface area contributed by atoms with Crippen LogP contribution < -0.4 is 10.5 Å². The second-order valence-corrected chi connectivity index (χ2v) is 5.19. The molecular formula is C15H20N2O4. The molecule has 0 aliphatic carbocycles. The molecule has 114 valence electrons. The van der Waals surface area contributed by atoms with Gasteiger partial charge in [-0.2, -0.15) is 0 Å². The molecule has 0 spiro atoms. The maximum Gasteiger partial charge on any atom is 0.326 e. The normalized spacial score (nSPS) is 19.3.